The minimum absolute atomic E-state index is 0.174. The van der Waals surface area contributed by atoms with Gasteiger partial charge in [-0.1, -0.05) is 60.1 Å². The smallest absolute Gasteiger partial charge is 0.141 e. The highest BCUT2D eigenvalue weighted by Crippen LogP contribution is 2.11. The number of rotatable bonds is 0. The highest BCUT2D eigenvalue weighted by Gasteiger charge is 1.91. The molecule has 14 heavy (non-hydrogen) atoms. The molecule has 2 aromatic carbocycles. The van der Waals surface area contributed by atoms with Crippen LogP contribution < -0.4 is 0 Å². The molecule has 72 valence electrons. The maximum Gasteiger partial charge on any atom is 0.141 e. The number of halogens is 2. The molecule has 0 heterocycles. The van der Waals surface area contributed by atoms with Crippen molar-refractivity contribution in [3.63, 3.8) is 0 Å². The Morgan fingerprint density at radius 2 is 1.14 bits per heavy atom. The van der Waals surface area contributed by atoms with Crippen LogP contribution in [0.15, 0.2) is 60.7 Å². The SMILES string of the molecule is Fc1ccccc1Cl.c1ccccc1. The van der Waals surface area contributed by atoms with Gasteiger partial charge in [-0.3, -0.25) is 0 Å². The van der Waals surface area contributed by atoms with E-state index in [-0.39, 0.29) is 10.8 Å². The minimum atomic E-state index is -0.367. The van der Waals surface area contributed by atoms with Gasteiger partial charge in [0.2, 0.25) is 0 Å². The molecule has 0 nitrogen and oxygen atoms in total. The summed E-state index contributed by atoms with van der Waals surface area (Å²) in [6, 6.07) is 18.1. The molecule has 0 radical (unpaired) electrons. The molecule has 2 aromatic rings. The van der Waals surface area contributed by atoms with E-state index in [4.69, 9.17) is 11.6 Å². The van der Waals surface area contributed by atoms with Gasteiger partial charge in [0.25, 0.3) is 0 Å². The van der Waals surface area contributed by atoms with E-state index in [1.807, 2.05) is 36.4 Å². The van der Waals surface area contributed by atoms with E-state index in [0.29, 0.717) is 0 Å². The Morgan fingerprint density at radius 1 is 0.714 bits per heavy atom. The van der Waals surface area contributed by atoms with Crippen LogP contribution in [0.25, 0.3) is 0 Å². The van der Waals surface area contributed by atoms with Gasteiger partial charge in [0.05, 0.1) is 5.02 Å². The Morgan fingerprint density at radius 3 is 1.43 bits per heavy atom. The summed E-state index contributed by atoms with van der Waals surface area (Å²) < 4.78 is 12.2. The lowest BCUT2D eigenvalue weighted by molar-refractivity contribution is 0.628. The molecular weight excluding hydrogens is 199 g/mol. The molecule has 0 N–H and O–H groups in total. The Bertz CT molecular complexity index is 312. The van der Waals surface area contributed by atoms with E-state index >= 15 is 0 Å². The Labute approximate surface area is 88.0 Å². The van der Waals surface area contributed by atoms with E-state index in [9.17, 15) is 4.39 Å². The molecule has 0 aliphatic heterocycles. The van der Waals surface area contributed by atoms with Crippen LogP contribution in [-0.2, 0) is 0 Å². The van der Waals surface area contributed by atoms with Gasteiger partial charge in [-0.25, -0.2) is 4.39 Å². The molecule has 0 amide bonds. The first-order valence-electron chi connectivity index (χ1n) is 4.21. The third-order valence-electron chi connectivity index (χ3n) is 1.49. The van der Waals surface area contributed by atoms with Gasteiger partial charge >= 0.3 is 0 Å². The van der Waals surface area contributed by atoms with Crippen LogP contribution >= 0.6 is 11.6 Å². The number of benzene rings is 2. The molecule has 0 saturated carbocycles. The van der Waals surface area contributed by atoms with Gasteiger partial charge in [-0.15, -0.1) is 0 Å². The van der Waals surface area contributed by atoms with E-state index in [1.165, 1.54) is 12.1 Å². The lowest BCUT2D eigenvalue weighted by Crippen LogP contribution is -1.70. The van der Waals surface area contributed by atoms with Crippen molar-refractivity contribution in [3.05, 3.63) is 71.5 Å². The summed E-state index contributed by atoms with van der Waals surface area (Å²) in [6.45, 7) is 0. The summed E-state index contributed by atoms with van der Waals surface area (Å²) in [7, 11) is 0. The van der Waals surface area contributed by atoms with Crippen LogP contribution in [-0.4, -0.2) is 0 Å². The molecule has 0 bridgehead atoms. The Kier molecular flexibility index (Phi) is 4.73. The van der Waals surface area contributed by atoms with Gasteiger partial charge in [0.15, 0.2) is 0 Å². The van der Waals surface area contributed by atoms with Crippen molar-refractivity contribution in [2.45, 2.75) is 0 Å². The zero-order valence-electron chi connectivity index (χ0n) is 7.53. The van der Waals surface area contributed by atoms with E-state index < -0.39 is 0 Å². The average molecular weight is 209 g/mol. The fraction of sp³-hybridized carbons (Fsp3) is 0. The highest BCUT2D eigenvalue weighted by atomic mass is 35.5. The molecule has 0 atom stereocenters. The van der Waals surface area contributed by atoms with Gasteiger partial charge in [0, 0.05) is 0 Å². The first kappa shape index (κ1) is 10.7. The summed E-state index contributed by atoms with van der Waals surface area (Å²) in [5.41, 5.74) is 0. The van der Waals surface area contributed by atoms with Gasteiger partial charge < -0.3 is 0 Å². The Balaban J connectivity index is 0.000000146. The van der Waals surface area contributed by atoms with Crippen LogP contribution in [0.3, 0.4) is 0 Å². The summed E-state index contributed by atoms with van der Waals surface area (Å²) in [6.07, 6.45) is 0. The molecule has 0 aliphatic rings. The van der Waals surface area contributed by atoms with E-state index in [2.05, 4.69) is 0 Å². The lowest BCUT2D eigenvalue weighted by atomic mass is 10.4. The Hall–Kier alpha value is -1.34. The third kappa shape index (κ3) is 4.06. The quantitative estimate of drug-likeness (QED) is 0.610. The van der Waals surface area contributed by atoms with Gasteiger partial charge in [-0.05, 0) is 12.1 Å². The molecule has 2 heteroatoms. The molecule has 0 fully saturated rings. The van der Waals surface area contributed by atoms with Crippen molar-refractivity contribution in [1.29, 1.82) is 0 Å². The van der Waals surface area contributed by atoms with Crippen molar-refractivity contribution in [2.75, 3.05) is 0 Å². The van der Waals surface area contributed by atoms with Crippen molar-refractivity contribution >= 4 is 11.6 Å². The fourth-order valence-corrected chi connectivity index (χ4v) is 0.960. The lowest BCUT2D eigenvalue weighted by Gasteiger charge is -1.86. The topological polar surface area (TPSA) is 0 Å². The van der Waals surface area contributed by atoms with Crippen molar-refractivity contribution in [2.24, 2.45) is 0 Å². The molecule has 0 aromatic heterocycles. The maximum atomic E-state index is 12.2. The molecule has 0 unspecified atom stereocenters. The first-order valence-corrected chi connectivity index (χ1v) is 4.58. The summed E-state index contributed by atoms with van der Waals surface area (Å²) in [5, 5.41) is 0.174. The maximum absolute atomic E-state index is 12.2. The summed E-state index contributed by atoms with van der Waals surface area (Å²) in [5.74, 6) is -0.367. The third-order valence-corrected chi connectivity index (χ3v) is 1.80. The second kappa shape index (κ2) is 6.17. The second-order valence-electron chi connectivity index (χ2n) is 2.57. The van der Waals surface area contributed by atoms with Gasteiger partial charge in [0.1, 0.15) is 5.82 Å². The van der Waals surface area contributed by atoms with Crippen LogP contribution in [0.1, 0.15) is 0 Å². The summed E-state index contributed by atoms with van der Waals surface area (Å²) in [4.78, 5) is 0. The molecule has 2 rings (SSSR count). The standard InChI is InChI=1S/C6H4ClF.C6H6/c7-5-3-1-2-4-6(5)8;1-2-4-6-5-3-1/h1-4H;1-6H. The van der Waals surface area contributed by atoms with Crippen LogP contribution in [0.2, 0.25) is 5.02 Å². The largest absolute Gasteiger partial charge is 0.205 e. The molecule has 0 saturated heterocycles. The monoisotopic (exact) mass is 208 g/mol. The highest BCUT2D eigenvalue weighted by molar-refractivity contribution is 6.30. The second-order valence-corrected chi connectivity index (χ2v) is 2.98. The van der Waals surface area contributed by atoms with Gasteiger partial charge in [-0.2, -0.15) is 0 Å². The van der Waals surface area contributed by atoms with Crippen molar-refractivity contribution < 1.29 is 4.39 Å². The van der Waals surface area contributed by atoms with Crippen molar-refractivity contribution in [1.82, 2.24) is 0 Å². The fourth-order valence-electron chi connectivity index (χ4n) is 0.824. The number of hydrogen-bond donors (Lipinski definition) is 0. The van der Waals surface area contributed by atoms with Crippen LogP contribution in [0.4, 0.5) is 4.39 Å². The van der Waals surface area contributed by atoms with Crippen LogP contribution in [0.5, 0.6) is 0 Å². The minimum Gasteiger partial charge on any atom is -0.205 e. The first-order chi connectivity index (χ1) is 6.80. The van der Waals surface area contributed by atoms with E-state index in [1.54, 1.807) is 12.1 Å². The summed E-state index contributed by atoms with van der Waals surface area (Å²) >= 11 is 5.33. The van der Waals surface area contributed by atoms with E-state index in [0.717, 1.165) is 0 Å². The predicted molar refractivity (Wildman–Crippen MR) is 57.9 cm³/mol. The number of hydrogen-bond acceptors (Lipinski definition) is 0. The predicted octanol–water partition coefficient (Wildman–Crippen LogP) is 4.17. The normalized spacial score (nSPS) is 8.71. The van der Waals surface area contributed by atoms with Crippen LogP contribution in [0, 0.1) is 5.82 Å². The molecular formula is C12H10ClF. The zero-order chi connectivity index (χ0) is 10.2. The molecule has 0 aliphatic carbocycles. The average Bonchev–Trinajstić information content (AvgIpc) is 2.26. The van der Waals surface area contributed by atoms with Crippen molar-refractivity contribution in [3.8, 4) is 0 Å². The molecule has 0 spiro atoms. The zero-order valence-corrected chi connectivity index (χ0v) is 8.29.